The molecule has 2 N–H and O–H groups in total. The largest absolute Gasteiger partial charge is 0.390 e. The van der Waals surface area contributed by atoms with Crippen LogP contribution in [-0.4, -0.2) is 39.5 Å². The first kappa shape index (κ1) is 12.4. The van der Waals surface area contributed by atoms with Gasteiger partial charge in [-0.05, 0) is 6.42 Å². The molecule has 0 bridgehead atoms. The summed E-state index contributed by atoms with van der Waals surface area (Å²) in [6.45, 7) is 3.10. The Labute approximate surface area is 114 Å². The zero-order chi connectivity index (χ0) is 13.4. The van der Waals surface area contributed by atoms with E-state index in [2.05, 4.69) is 15.2 Å². The smallest absolute Gasteiger partial charge is 0.217 e. The van der Waals surface area contributed by atoms with Crippen molar-refractivity contribution in [1.29, 1.82) is 0 Å². The lowest BCUT2D eigenvalue weighted by Crippen LogP contribution is -2.35. The molecule has 1 saturated heterocycles. The lowest BCUT2D eigenvalue weighted by Gasteiger charge is -2.17. The molecule has 1 amide bonds. The van der Waals surface area contributed by atoms with E-state index in [0.29, 0.717) is 0 Å². The second-order valence-electron chi connectivity index (χ2n) is 4.73. The van der Waals surface area contributed by atoms with Crippen molar-refractivity contribution in [2.45, 2.75) is 26.0 Å². The number of fused-ring (bicyclic) bond motifs is 1. The number of hydrogen-bond acceptors (Lipinski definition) is 5. The van der Waals surface area contributed by atoms with E-state index in [1.54, 1.807) is 11.3 Å². The number of carbonyl (C=O) groups is 1. The van der Waals surface area contributed by atoms with Gasteiger partial charge >= 0.3 is 0 Å². The van der Waals surface area contributed by atoms with Crippen molar-refractivity contribution in [3.63, 3.8) is 0 Å². The molecule has 6 nitrogen and oxygen atoms in total. The lowest BCUT2D eigenvalue weighted by atomic mass is 10.2. The number of carbonyl (C=O) groups excluding carboxylic acids is 1. The molecular weight excluding hydrogens is 264 g/mol. The van der Waals surface area contributed by atoms with E-state index in [1.165, 1.54) is 6.92 Å². The molecule has 2 aromatic heterocycles. The van der Waals surface area contributed by atoms with Crippen LogP contribution in [0.15, 0.2) is 11.6 Å². The summed E-state index contributed by atoms with van der Waals surface area (Å²) in [4.78, 5) is 18.7. The molecule has 0 spiro atoms. The van der Waals surface area contributed by atoms with E-state index in [-0.39, 0.29) is 18.6 Å². The van der Waals surface area contributed by atoms with Gasteiger partial charge in [0.05, 0.1) is 12.3 Å². The number of thiazole rings is 1. The number of imidazole rings is 1. The average Bonchev–Trinajstić information content (AvgIpc) is 3.00. The van der Waals surface area contributed by atoms with E-state index in [9.17, 15) is 9.90 Å². The van der Waals surface area contributed by atoms with E-state index < -0.39 is 0 Å². The topological polar surface area (TPSA) is 69.9 Å². The Balaban J connectivity index is 1.84. The van der Waals surface area contributed by atoms with E-state index in [0.717, 1.165) is 36.0 Å². The van der Waals surface area contributed by atoms with Gasteiger partial charge < -0.3 is 15.3 Å². The predicted octanol–water partition coefficient (Wildman–Crippen LogP) is 0.603. The van der Waals surface area contributed by atoms with E-state index in [1.807, 2.05) is 16.0 Å². The molecule has 0 saturated carbocycles. The number of aromatic nitrogens is 2. The second kappa shape index (κ2) is 4.82. The molecular formula is C12H16N4O2S. The lowest BCUT2D eigenvalue weighted by molar-refractivity contribution is -0.119. The summed E-state index contributed by atoms with van der Waals surface area (Å²) in [6.07, 6.45) is 2.83. The maximum Gasteiger partial charge on any atom is 0.217 e. The van der Waals surface area contributed by atoms with Gasteiger partial charge in [-0.1, -0.05) is 0 Å². The maximum absolute atomic E-state index is 11.1. The molecule has 102 valence electrons. The van der Waals surface area contributed by atoms with Crippen molar-refractivity contribution in [2.24, 2.45) is 0 Å². The fourth-order valence-electron chi connectivity index (χ4n) is 2.58. The summed E-state index contributed by atoms with van der Waals surface area (Å²) in [6, 6.07) is 0.170. The van der Waals surface area contributed by atoms with E-state index in [4.69, 9.17) is 0 Å². The normalized spacial score (nSPS) is 19.3. The molecule has 3 heterocycles. The average molecular weight is 280 g/mol. The van der Waals surface area contributed by atoms with Crippen molar-refractivity contribution >= 4 is 28.0 Å². The highest BCUT2D eigenvalue weighted by molar-refractivity contribution is 7.15. The van der Waals surface area contributed by atoms with Crippen LogP contribution in [0.4, 0.5) is 5.82 Å². The molecule has 0 aromatic carbocycles. The number of aliphatic hydroxyl groups is 1. The molecule has 1 aliphatic rings. The van der Waals surface area contributed by atoms with Crippen LogP contribution < -0.4 is 10.2 Å². The third-order valence-corrected chi connectivity index (χ3v) is 4.14. The Morgan fingerprint density at radius 3 is 3.26 bits per heavy atom. The molecule has 1 atom stereocenters. The number of nitrogens with zero attached hydrogens (tertiary/aromatic N) is 3. The van der Waals surface area contributed by atoms with Crippen LogP contribution in [0, 0.1) is 0 Å². The van der Waals surface area contributed by atoms with Crippen molar-refractivity contribution in [2.75, 3.05) is 18.0 Å². The molecule has 1 aliphatic heterocycles. The minimum Gasteiger partial charge on any atom is -0.390 e. The molecule has 1 fully saturated rings. The first-order chi connectivity index (χ1) is 9.19. The number of nitrogens with one attached hydrogen (secondary N) is 1. The Morgan fingerprint density at radius 2 is 2.53 bits per heavy atom. The van der Waals surface area contributed by atoms with Crippen molar-refractivity contribution in [3.8, 4) is 0 Å². The van der Waals surface area contributed by atoms with Gasteiger partial charge in [0.2, 0.25) is 5.91 Å². The zero-order valence-corrected chi connectivity index (χ0v) is 11.5. The summed E-state index contributed by atoms with van der Waals surface area (Å²) in [5.74, 6) is 0.835. The van der Waals surface area contributed by atoms with Crippen molar-refractivity contribution < 1.29 is 9.90 Å². The van der Waals surface area contributed by atoms with Gasteiger partial charge in [0.1, 0.15) is 0 Å². The zero-order valence-electron chi connectivity index (χ0n) is 10.7. The van der Waals surface area contributed by atoms with Gasteiger partial charge in [-0.15, -0.1) is 11.3 Å². The minimum atomic E-state index is -0.0332. The number of anilines is 1. The van der Waals surface area contributed by atoms with Crippen LogP contribution in [-0.2, 0) is 11.4 Å². The number of aliphatic hydroxyl groups excluding tert-OH is 1. The SMILES string of the molecule is CC(=O)NC1CCN(c2nc3sccn3c2CO)C1. The quantitative estimate of drug-likeness (QED) is 0.864. The molecule has 0 radical (unpaired) electrons. The Morgan fingerprint density at radius 1 is 1.68 bits per heavy atom. The highest BCUT2D eigenvalue weighted by Gasteiger charge is 2.27. The van der Waals surface area contributed by atoms with Crippen LogP contribution in [0.1, 0.15) is 19.0 Å². The molecule has 2 aromatic rings. The van der Waals surface area contributed by atoms with Crippen molar-refractivity contribution in [3.05, 3.63) is 17.3 Å². The van der Waals surface area contributed by atoms with Crippen LogP contribution >= 0.6 is 11.3 Å². The van der Waals surface area contributed by atoms with Gasteiger partial charge in [0, 0.05) is 37.6 Å². The molecule has 3 rings (SSSR count). The summed E-state index contributed by atoms with van der Waals surface area (Å²) in [5.41, 5.74) is 0.819. The van der Waals surface area contributed by atoms with Crippen LogP contribution in [0.25, 0.3) is 4.96 Å². The van der Waals surface area contributed by atoms with Gasteiger partial charge in [-0.25, -0.2) is 4.98 Å². The highest BCUT2D eigenvalue weighted by Crippen LogP contribution is 2.27. The standard InChI is InChI=1S/C12H16N4O2S/c1-8(18)13-9-2-3-15(6-9)11-10(7-17)16-4-5-19-12(16)14-11/h4-5,9,17H,2-3,6-7H2,1H3,(H,13,18). The first-order valence-electron chi connectivity index (χ1n) is 6.26. The number of hydrogen-bond donors (Lipinski definition) is 2. The van der Waals surface area contributed by atoms with Gasteiger partial charge in [0.15, 0.2) is 10.8 Å². The molecule has 19 heavy (non-hydrogen) atoms. The van der Waals surface area contributed by atoms with E-state index >= 15 is 0 Å². The predicted molar refractivity (Wildman–Crippen MR) is 73.4 cm³/mol. The van der Waals surface area contributed by atoms with Crippen LogP contribution in [0.5, 0.6) is 0 Å². The minimum absolute atomic E-state index is 0.0000512. The number of amides is 1. The fourth-order valence-corrected chi connectivity index (χ4v) is 3.31. The van der Waals surface area contributed by atoms with Crippen molar-refractivity contribution in [1.82, 2.24) is 14.7 Å². The van der Waals surface area contributed by atoms with Crippen LogP contribution in [0.3, 0.4) is 0 Å². The van der Waals surface area contributed by atoms with Gasteiger partial charge in [-0.3, -0.25) is 9.20 Å². The molecule has 0 aliphatic carbocycles. The summed E-state index contributed by atoms with van der Waals surface area (Å²) in [7, 11) is 0. The fraction of sp³-hybridized carbons (Fsp3) is 0.500. The second-order valence-corrected chi connectivity index (χ2v) is 5.60. The summed E-state index contributed by atoms with van der Waals surface area (Å²) >= 11 is 1.55. The maximum atomic E-state index is 11.1. The number of rotatable bonds is 3. The molecule has 7 heteroatoms. The first-order valence-corrected chi connectivity index (χ1v) is 7.14. The molecule has 1 unspecified atom stereocenters. The van der Waals surface area contributed by atoms with Gasteiger partial charge in [-0.2, -0.15) is 0 Å². The Kier molecular flexibility index (Phi) is 3.16. The monoisotopic (exact) mass is 280 g/mol. The highest BCUT2D eigenvalue weighted by atomic mass is 32.1. The Bertz CT molecular complexity index is 606. The van der Waals surface area contributed by atoms with Crippen LogP contribution in [0.2, 0.25) is 0 Å². The third kappa shape index (κ3) is 2.19. The van der Waals surface area contributed by atoms with Gasteiger partial charge in [0.25, 0.3) is 0 Å². The summed E-state index contributed by atoms with van der Waals surface area (Å²) < 4.78 is 1.92. The Hall–Kier alpha value is -1.60. The third-order valence-electron chi connectivity index (χ3n) is 3.38. The summed E-state index contributed by atoms with van der Waals surface area (Å²) in [5, 5.41) is 14.4.